The number of amides is 1. The minimum absolute atomic E-state index is 0.0135. The molecule has 0 atom stereocenters. The summed E-state index contributed by atoms with van der Waals surface area (Å²) in [6.07, 6.45) is 7.73. The summed E-state index contributed by atoms with van der Waals surface area (Å²) in [6, 6.07) is 7.33. The monoisotopic (exact) mass is 245 g/mol. The van der Waals surface area contributed by atoms with E-state index in [2.05, 4.69) is 18.5 Å². The normalized spacial score (nSPS) is 14.1. The molecule has 2 rings (SSSR count). The molecule has 0 saturated heterocycles. The Morgan fingerprint density at radius 3 is 2.76 bits per heavy atom. The predicted octanol–water partition coefficient (Wildman–Crippen LogP) is 2.46. The van der Waals surface area contributed by atoms with E-state index in [1.54, 1.807) is 11.0 Å². The van der Waals surface area contributed by atoms with Crippen LogP contribution in [0.3, 0.4) is 0 Å². The van der Waals surface area contributed by atoms with E-state index in [0.29, 0.717) is 22.9 Å². The van der Waals surface area contributed by atoms with Crippen LogP contribution in [0.4, 0.5) is 0 Å². The van der Waals surface area contributed by atoms with Gasteiger partial charge in [-0.3, -0.25) is 4.79 Å². The van der Waals surface area contributed by atoms with Gasteiger partial charge in [-0.2, -0.15) is 0 Å². The maximum Gasteiger partial charge on any atom is 0.255 e. The van der Waals surface area contributed by atoms with Gasteiger partial charge in [0.2, 0.25) is 0 Å². The van der Waals surface area contributed by atoms with Crippen molar-refractivity contribution in [3.8, 4) is 12.3 Å². The van der Waals surface area contributed by atoms with E-state index in [1.165, 1.54) is 12.8 Å². The molecule has 1 saturated carbocycles. The van der Waals surface area contributed by atoms with Gasteiger partial charge in [0.15, 0.2) is 0 Å². The Balaban J connectivity index is 2.15. The predicted molar refractivity (Wildman–Crippen MR) is 71.2 cm³/mol. The van der Waals surface area contributed by atoms with Gasteiger partial charge in [-0.15, -0.1) is 19.1 Å². The van der Waals surface area contributed by atoms with Crippen molar-refractivity contribution in [2.75, 3.05) is 13.1 Å². The molecular weight excluding hydrogens is 230 g/mol. The third kappa shape index (κ3) is 3.04. The fraction of sp³-hybridized carbons (Fsp3) is 0.357. The Bertz CT molecular complexity index is 460. The Morgan fingerprint density at radius 2 is 2.18 bits per heavy atom. The second-order valence-electron chi connectivity index (χ2n) is 4.35. The summed E-state index contributed by atoms with van der Waals surface area (Å²) in [5.41, 5.74) is 0.631. The van der Waals surface area contributed by atoms with Crippen molar-refractivity contribution in [3.05, 3.63) is 29.8 Å². The molecule has 88 valence electrons. The molecule has 0 aliphatic heterocycles. The van der Waals surface area contributed by atoms with Gasteiger partial charge in [0, 0.05) is 11.4 Å². The number of benzene rings is 1. The van der Waals surface area contributed by atoms with E-state index in [9.17, 15) is 4.79 Å². The van der Waals surface area contributed by atoms with E-state index >= 15 is 0 Å². The van der Waals surface area contributed by atoms with Crippen molar-refractivity contribution in [1.82, 2.24) is 4.90 Å². The van der Waals surface area contributed by atoms with E-state index in [0.717, 1.165) is 6.54 Å². The third-order valence-electron chi connectivity index (χ3n) is 2.88. The van der Waals surface area contributed by atoms with Crippen LogP contribution >= 0.6 is 12.6 Å². The van der Waals surface area contributed by atoms with Crippen LogP contribution in [0.25, 0.3) is 0 Å². The average Bonchev–Trinajstić information content (AvgIpc) is 3.12. The topological polar surface area (TPSA) is 20.3 Å². The number of nitrogens with zero attached hydrogens (tertiary/aromatic N) is 1. The summed E-state index contributed by atoms with van der Waals surface area (Å²) >= 11 is 4.31. The first-order valence-electron chi connectivity index (χ1n) is 5.73. The Morgan fingerprint density at radius 1 is 1.47 bits per heavy atom. The van der Waals surface area contributed by atoms with Gasteiger partial charge in [0.25, 0.3) is 5.91 Å². The zero-order valence-electron chi connectivity index (χ0n) is 9.60. The van der Waals surface area contributed by atoms with Crippen LogP contribution < -0.4 is 0 Å². The van der Waals surface area contributed by atoms with Crippen molar-refractivity contribution < 1.29 is 4.79 Å². The minimum Gasteiger partial charge on any atom is -0.327 e. The Hall–Kier alpha value is -1.40. The molecule has 0 N–H and O–H groups in total. The van der Waals surface area contributed by atoms with Gasteiger partial charge in [0.05, 0.1) is 12.1 Å². The van der Waals surface area contributed by atoms with Crippen molar-refractivity contribution in [1.29, 1.82) is 0 Å². The summed E-state index contributed by atoms with van der Waals surface area (Å²) < 4.78 is 0. The molecule has 0 bridgehead atoms. The summed E-state index contributed by atoms with van der Waals surface area (Å²) in [6.45, 7) is 1.14. The molecule has 0 radical (unpaired) electrons. The molecule has 1 amide bonds. The van der Waals surface area contributed by atoms with E-state index in [4.69, 9.17) is 6.42 Å². The highest BCUT2D eigenvalue weighted by molar-refractivity contribution is 7.80. The Kier molecular flexibility index (Phi) is 3.75. The summed E-state index contributed by atoms with van der Waals surface area (Å²) in [7, 11) is 0. The maximum atomic E-state index is 12.3. The van der Waals surface area contributed by atoms with Gasteiger partial charge in [-0.05, 0) is 30.9 Å². The lowest BCUT2D eigenvalue weighted by Crippen LogP contribution is -2.33. The van der Waals surface area contributed by atoms with Crippen molar-refractivity contribution in [2.24, 2.45) is 5.92 Å². The van der Waals surface area contributed by atoms with Gasteiger partial charge in [0.1, 0.15) is 0 Å². The number of carbonyl (C=O) groups excluding carboxylic acids is 1. The molecule has 0 heterocycles. The number of terminal acetylenes is 1. The number of rotatable bonds is 4. The zero-order valence-corrected chi connectivity index (χ0v) is 10.5. The lowest BCUT2D eigenvalue weighted by molar-refractivity contribution is 0.0766. The van der Waals surface area contributed by atoms with Gasteiger partial charge >= 0.3 is 0 Å². The van der Waals surface area contributed by atoms with Gasteiger partial charge in [-0.1, -0.05) is 18.1 Å². The maximum absolute atomic E-state index is 12.3. The number of carbonyl (C=O) groups is 1. The molecule has 1 fully saturated rings. The Labute approximate surface area is 107 Å². The van der Waals surface area contributed by atoms with Gasteiger partial charge < -0.3 is 4.90 Å². The van der Waals surface area contributed by atoms with Crippen LogP contribution in [-0.4, -0.2) is 23.9 Å². The van der Waals surface area contributed by atoms with Crippen LogP contribution in [0.5, 0.6) is 0 Å². The highest BCUT2D eigenvalue weighted by Gasteiger charge is 2.27. The smallest absolute Gasteiger partial charge is 0.255 e. The molecule has 2 nitrogen and oxygen atoms in total. The molecular formula is C14H15NOS. The fourth-order valence-electron chi connectivity index (χ4n) is 1.77. The van der Waals surface area contributed by atoms with Crippen molar-refractivity contribution in [2.45, 2.75) is 17.7 Å². The fourth-order valence-corrected chi connectivity index (χ4v) is 2.02. The molecule has 1 aromatic carbocycles. The number of hydrogen-bond donors (Lipinski definition) is 1. The molecule has 3 heteroatoms. The van der Waals surface area contributed by atoms with Crippen molar-refractivity contribution in [3.63, 3.8) is 0 Å². The molecule has 0 unspecified atom stereocenters. The van der Waals surface area contributed by atoms with Crippen molar-refractivity contribution >= 4 is 18.5 Å². The zero-order chi connectivity index (χ0) is 12.3. The lowest BCUT2D eigenvalue weighted by Gasteiger charge is -2.20. The van der Waals surface area contributed by atoms with Crippen LogP contribution in [0.1, 0.15) is 23.2 Å². The van der Waals surface area contributed by atoms with E-state index in [-0.39, 0.29) is 5.91 Å². The highest BCUT2D eigenvalue weighted by Crippen LogP contribution is 2.30. The van der Waals surface area contributed by atoms with E-state index in [1.807, 2.05) is 18.2 Å². The molecule has 1 aliphatic rings. The minimum atomic E-state index is -0.0135. The standard InChI is InChI=1S/C14H15NOS/c1-2-9-15(10-11-7-8-11)14(16)12-5-3-4-6-13(12)17/h1,3-6,11,17H,7-10H2. The molecule has 17 heavy (non-hydrogen) atoms. The first-order chi connectivity index (χ1) is 8.22. The summed E-state index contributed by atoms with van der Waals surface area (Å²) in [5, 5.41) is 0. The van der Waals surface area contributed by atoms with Crippen LogP contribution in [0, 0.1) is 18.3 Å². The van der Waals surface area contributed by atoms with Crippen LogP contribution in [-0.2, 0) is 0 Å². The third-order valence-corrected chi connectivity index (χ3v) is 3.27. The summed E-state index contributed by atoms with van der Waals surface area (Å²) in [5.74, 6) is 3.18. The average molecular weight is 245 g/mol. The summed E-state index contributed by atoms with van der Waals surface area (Å²) in [4.78, 5) is 14.7. The first kappa shape index (κ1) is 12.1. The molecule has 0 spiro atoms. The van der Waals surface area contributed by atoms with Gasteiger partial charge in [-0.25, -0.2) is 0 Å². The largest absolute Gasteiger partial charge is 0.327 e. The molecule has 0 aromatic heterocycles. The lowest BCUT2D eigenvalue weighted by atomic mass is 10.2. The second-order valence-corrected chi connectivity index (χ2v) is 4.83. The molecule has 1 aliphatic carbocycles. The number of hydrogen-bond acceptors (Lipinski definition) is 2. The highest BCUT2D eigenvalue weighted by atomic mass is 32.1. The quantitative estimate of drug-likeness (QED) is 0.638. The van der Waals surface area contributed by atoms with E-state index < -0.39 is 0 Å². The number of thiol groups is 1. The van der Waals surface area contributed by atoms with Crippen LogP contribution in [0.2, 0.25) is 0 Å². The van der Waals surface area contributed by atoms with Crippen LogP contribution in [0.15, 0.2) is 29.2 Å². The second kappa shape index (κ2) is 5.29. The molecule has 1 aromatic rings. The SMILES string of the molecule is C#CCN(CC1CC1)C(=O)c1ccccc1S. The first-order valence-corrected chi connectivity index (χ1v) is 6.18.